The molecule has 4 nitrogen and oxygen atoms in total. The van der Waals surface area contributed by atoms with Gasteiger partial charge in [0.2, 0.25) is 0 Å². The Morgan fingerprint density at radius 1 is 0.737 bits per heavy atom. The van der Waals surface area contributed by atoms with Crippen LogP contribution in [0.4, 0.5) is 0 Å². The van der Waals surface area contributed by atoms with Crippen LogP contribution in [0.5, 0.6) is 11.5 Å². The van der Waals surface area contributed by atoms with Gasteiger partial charge in [-0.25, -0.2) is 0 Å². The van der Waals surface area contributed by atoms with Crippen molar-refractivity contribution in [3.8, 4) is 11.5 Å². The van der Waals surface area contributed by atoms with Crippen molar-refractivity contribution in [1.82, 2.24) is 0 Å². The third kappa shape index (κ3) is 3.20. The first-order chi connectivity index (χ1) is 9.13. The van der Waals surface area contributed by atoms with Crippen LogP contribution in [0.15, 0.2) is 46.2 Å². The lowest BCUT2D eigenvalue weighted by Crippen LogP contribution is -1.87. The summed E-state index contributed by atoms with van der Waals surface area (Å²) in [7, 11) is 0. The fourth-order valence-corrected chi connectivity index (χ4v) is 2.59. The molecule has 100 valence electrons. The van der Waals surface area contributed by atoms with Crippen LogP contribution in [0, 0.1) is 0 Å². The fourth-order valence-electron chi connectivity index (χ4n) is 1.64. The summed E-state index contributed by atoms with van der Waals surface area (Å²) in [6.07, 6.45) is 0. The molecule has 0 saturated heterocycles. The topological polar surface area (TPSA) is 80.9 Å². The minimum absolute atomic E-state index is 0.0635. The van der Waals surface area contributed by atoms with Gasteiger partial charge in [-0.05, 0) is 36.4 Å². The van der Waals surface area contributed by atoms with Crippen molar-refractivity contribution in [3.05, 3.63) is 47.5 Å². The van der Waals surface area contributed by atoms with Crippen LogP contribution in [0.2, 0.25) is 0 Å². The maximum Gasteiger partial charge on any atom is 0.121 e. The molecule has 0 aliphatic rings. The van der Waals surface area contributed by atoms with E-state index in [1.807, 2.05) is 0 Å². The molecule has 2 aromatic carbocycles. The zero-order valence-corrected chi connectivity index (χ0v) is 10.9. The normalized spacial score (nSPS) is 10.6. The van der Waals surface area contributed by atoms with Crippen LogP contribution in [0.25, 0.3) is 0 Å². The molecule has 0 aliphatic carbocycles. The number of hydrogen-bond donors (Lipinski definition) is 4. The Labute approximate surface area is 115 Å². The Balaban J connectivity index is 2.25. The molecule has 19 heavy (non-hydrogen) atoms. The van der Waals surface area contributed by atoms with Gasteiger partial charge in [-0.15, -0.1) is 0 Å². The molecule has 0 amide bonds. The molecule has 0 bridgehead atoms. The highest BCUT2D eigenvalue weighted by atomic mass is 32.2. The number of hydrogen-bond acceptors (Lipinski definition) is 5. The van der Waals surface area contributed by atoms with Crippen molar-refractivity contribution in [2.24, 2.45) is 0 Å². The standard InChI is InChI=1S/C14H14O4S/c15-7-9-5-11(1-3-13(9)17)19-12-2-4-14(18)10(6-12)8-16/h1-6,15-18H,7-8H2. The van der Waals surface area contributed by atoms with Crippen LogP contribution in [0.1, 0.15) is 11.1 Å². The van der Waals surface area contributed by atoms with Gasteiger partial charge in [0.1, 0.15) is 11.5 Å². The average molecular weight is 278 g/mol. The van der Waals surface area contributed by atoms with Crippen molar-refractivity contribution < 1.29 is 20.4 Å². The Bertz CT molecular complexity index is 532. The van der Waals surface area contributed by atoms with E-state index in [4.69, 9.17) is 10.2 Å². The van der Waals surface area contributed by atoms with Crippen molar-refractivity contribution in [2.45, 2.75) is 23.0 Å². The largest absolute Gasteiger partial charge is 0.508 e. The summed E-state index contributed by atoms with van der Waals surface area (Å²) in [6, 6.07) is 9.94. The summed E-state index contributed by atoms with van der Waals surface area (Å²) in [4.78, 5) is 1.72. The van der Waals surface area contributed by atoms with Gasteiger partial charge in [0, 0.05) is 20.9 Å². The van der Waals surface area contributed by atoms with E-state index in [9.17, 15) is 10.2 Å². The molecule has 0 unspecified atom stereocenters. The zero-order chi connectivity index (χ0) is 13.8. The molecule has 0 heterocycles. The second-order valence-corrected chi connectivity index (χ2v) is 5.15. The molecular formula is C14H14O4S. The SMILES string of the molecule is OCc1cc(Sc2ccc(O)c(CO)c2)ccc1O. The molecule has 5 heteroatoms. The molecule has 0 fully saturated rings. The highest BCUT2D eigenvalue weighted by molar-refractivity contribution is 7.99. The van der Waals surface area contributed by atoms with E-state index in [1.54, 1.807) is 24.3 Å². The van der Waals surface area contributed by atoms with Gasteiger partial charge in [-0.1, -0.05) is 11.8 Å². The van der Waals surface area contributed by atoms with Crippen molar-refractivity contribution in [1.29, 1.82) is 0 Å². The lowest BCUT2D eigenvalue weighted by Gasteiger charge is -2.07. The molecular weight excluding hydrogens is 264 g/mol. The maximum atomic E-state index is 9.48. The number of aliphatic hydroxyl groups is 2. The second kappa shape index (κ2) is 5.97. The summed E-state index contributed by atoms with van der Waals surface area (Å²) in [6.45, 7) is -0.449. The smallest absolute Gasteiger partial charge is 0.121 e. The highest BCUT2D eigenvalue weighted by Gasteiger charge is 2.06. The summed E-state index contributed by atoms with van der Waals surface area (Å²) in [5.41, 5.74) is 0.928. The lowest BCUT2D eigenvalue weighted by molar-refractivity contribution is 0.275. The number of aromatic hydroxyl groups is 2. The van der Waals surface area contributed by atoms with Gasteiger partial charge in [0.25, 0.3) is 0 Å². The van der Waals surface area contributed by atoms with Crippen LogP contribution in [0.3, 0.4) is 0 Å². The molecule has 0 aliphatic heterocycles. The van der Waals surface area contributed by atoms with E-state index in [1.165, 1.54) is 23.9 Å². The van der Waals surface area contributed by atoms with Gasteiger partial charge in [-0.2, -0.15) is 0 Å². The number of phenols is 2. The Hall–Kier alpha value is -1.69. The minimum Gasteiger partial charge on any atom is -0.508 e. The summed E-state index contributed by atoms with van der Waals surface area (Å²) in [5, 5.41) is 37.2. The quantitative estimate of drug-likeness (QED) is 0.689. The molecule has 0 radical (unpaired) electrons. The number of benzene rings is 2. The molecule has 0 aromatic heterocycles. The predicted molar refractivity (Wildman–Crippen MR) is 72.2 cm³/mol. The van der Waals surface area contributed by atoms with E-state index in [0.717, 1.165) is 9.79 Å². The first kappa shape index (κ1) is 13.7. The van der Waals surface area contributed by atoms with E-state index >= 15 is 0 Å². The maximum absolute atomic E-state index is 9.48. The van der Waals surface area contributed by atoms with Crippen LogP contribution >= 0.6 is 11.8 Å². The second-order valence-electron chi connectivity index (χ2n) is 4.00. The predicted octanol–water partition coefficient (Wildman–Crippen LogP) is 2.23. The van der Waals surface area contributed by atoms with Crippen LogP contribution in [-0.2, 0) is 13.2 Å². The Morgan fingerprint density at radius 2 is 1.16 bits per heavy atom. The van der Waals surface area contributed by atoms with Gasteiger partial charge >= 0.3 is 0 Å². The lowest BCUT2D eigenvalue weighted by atomic mass is 10.2. The first-order valence-corrected chi connectivity index (χ1v) is 6.49. The van der Waals surface area contributed by atoms with E-state index in [0.29, 0.717) is 11.1 Å². The molecule has 4 N–H and O–H groups in total. The molecule has 2 aromatic rings. The van der Waals surface area contributed by atoms with Crippen molar-refractivity contribution in [3.63, 3.8) is 0 Å². The Kier molecular flexibility index (Phi) is 4.31. The summed E-state index contributed by atoms with van der Waals surface area (Å²) in [5.74, 6) is 0.127. The average Bonchev–Trinajstić information content (AvgIpc) is 2.43. The number of aliphatic hydroxyl groups excluding tert-OH is 2. The third-order valence-electron chi connectivity index (χ3n) is 2.68. The van der Waals surface area contributed by atoms with Crippen LogP contribution < -0.4 is 0 Å². The summed E-state index contributed by atoms with van der Waals surface area (Å²) < 4.78 is 0. The van der Waals surface area contributed by atoms with E-state index in [2.05, 4.69) is 0 Å². The Morgan fingerprint density at radius 3 is 1.53 bits per heavy atom. The van der Waals surface area contributed by atoms with Gasteiger partial charge in [0.15, 0.2) is 0 Å². The fraction of sp³-hybridized carbons (Fsp3) is 0.143. The molecule has 2 rings (SSSR count). The molecule has 0 saturated carbocycles. The minimum atomic E-state index is -0.225. The summed E-state index contributed by atoms with van der Waals surface area (Å²) >= 11 is 1.42. The van der Waals surface area contributed by atoms with Crippen LogP contribution in [-0.4, -0.2) is 20.4 Å². The first-order valence-electron chi connectivity index (χ1n) is 5.67. The monoisotopic (exact) mass is 278 g/mol. The van der Waals surface area contributed by atoms with E-state index < -0.39 is 0 Å². The zero-order valence-electron chi connectivity index (χ0n) is 10.1. The molecule has 0 spiro atoms. The van der Waals surface area contributed by atoms with Gasteiger partial charge in [-0.3, -0.25) is 0 Å². The van der Waals surface area contributed by atoms with Gasteiger partial charge in [0.05, 0.1) is 13.2 Å². The third-order valence-corrected chi connectivity index (χ3v) is 3.66. The van der Waals surface area contributed by atoms with Gasteiger partial charge < -0.3 is 20.4 Å². The number of rotatable bonds is 4. The highest BCUT2D eigenvalue weighted by Crippen LogP contribution is 2.33. The van der Waals surface area contributed by atoms with Crippen molar-refractivity contribution >= 4 is 11.8 Å². The molecule has 0 atom stereocenters. The van der Waals surface area contributed by atoms with E-state index in [-0.39, 0.29) is 24.7 Å². The van der Waals surface area contributed by atoms with Crippen molar-refractivity contribution in [2.75, 3.05) is 0 Å².